The summed E-state index contributed by atoms with van der Waals surface area (Å²) in [7, 11) is 1.57. The molecule has 0 saturated carbocycles. The summed E-state index contributed by atoms with van der Waals surface area (Å²) >= 11 is 0. The van der Waals surface area contributed by atoms with Gasteiger partial charge in [-0.1, -0.05) is 6.07 Å². The summed E-state index contributed by atoms with van der Waals surface area (Å²) in [6, 6.07) is 12.4. The number of amides is 1. The highest BCUT2D eigenvalue weighted by Crippen LogP contribution is 2.17. The van der Waals surface area contributed by atoms with Crippen LogP contribution in [0.3, 0.4) is 0 Å². The average molecular weight is 338 g/mol. The number of rotatable bonds is 5. The van der Waals surface area contributed by atoms with Gasteiger partial charge in [0, 0.05) is 24.4 Å². The highest BCUT2D eigenvalue weighted by Gasteiger charge is 2.05. The van der Waals surface area contributed by atoms with E-state index >= 15 is 0 Å². The summed E-state index contributed by atoms with van der Waals surface area (Å²) in [5.74, 6) is 0.521. The number of fused-ring (bicyclic) bond motifs is 1. The van der Waals surface area contributed by atoms with E-state index in [1.165, 1.54) is 17.8 Å². The van der Waals surface area contributed by atoms with Gasteiger partial charge in [-0.3, -0.25) is 14.2 Å². The molecule has 3 rings (SSSR count). The molecule has 2 aromatic carbocycles. The van der Waals surface area contributed by atoms with Gasteiger partial charge in [-0.2, -0.15) is 0 Å². The second-order valence-corrected chi connectivity index (χ2v) is 5.50. The van der Waals surface area contributed by atoms with Gasteiger partial charge >= 0.3 is 0 Å². The lowest BCUT2D eigenvalue weighted by Gasteiger charge is -2.11. The molecule has 1 amide bonds. The average Bonchev–Trinajstić information content (AvgIpc) is 2.60. The molecule has 1 heterocycles. The summed E-state index contributed by atoms with van der Waals surface area (Å²) in [6.07, 6.45) is 1.49. The minimum atomic E-state index is -0.141. The second kappa shape index (κ2) is 7.04. The molecular weight excluding hydrogens is 320 g/mol. The van der Waals surface area contributed by atoms with Gasteiger partial charge in [0.15, 0.2) is 0 Å². The predicted molar refractivity (Wildman–Crippen MR) is 96.9 cm³/mol. The van der Waals surface area contributed by atoms with Crippen LogP contribution in [0.1, 0.15) is 6.92 Å². The number of ether oxygens (including phenoxy) is 1. The van der Waals surface area contributed by atoms with Gasteiger partial charge in [-0.15, -0.1) is 0 Å². The van der Waals surface area contributed by atoms with E-state index in [-0.39, 0.29) is 18.1 Å². The van der Waals surface area contributed by atoms with Crippen LogP contribution in [0.4, 0.5) is 11.4 Å². The lowest BCUT2D eigenvalue weighted by molar-refractivity contribution is -0.114. The van der Waals surface area contributed by atoms with Crippen molar-refractivity contribution in [2.45, 2.75) is 13.6 Å². The van der Waals surface area contributed by atoms with Crippen LogP contribution in [0.25, 0.3) is 10.9 Å². The molecule has 0 saturated heterocycles. The van der Waals surface area contributed by atoms with E-state index in [0.717, 1.165) is 5.69 Å². The van der Waals surface area contributed by atoms with E-state index in [1.807, 2.05) is 12.1 Å². The van der Waals surface area contributed by atoms with Crippen molar-refractivity contribution in [2.24, 2.45) is 0 Å². The highest BCUT2D eigenvalue weighted by atomic mass is 16.5. The molecule has 0 unspecified atom stereocenters. The summed E-state index contributed by atoms with van der Waals surface area (Å²) in [5, 5.41) is 6.39. The summed E-state index contributed by atoms with van der Waals surface area (Å²) in [6.45, 7) is 1.72. The molecule has 1 aromatic heterocycles. The van der Waals surface area contributed by atoms with Gasteiger partial charge in [0.05, 0.1) is 31.0 Å². The molecule has 0 radical (unpaired) electrons. The molecule has 0 spiro atoms. The smallest absolute Gasteiger partial charge is 0.262 e. The van der Waals surface area contributed by atoms with Gasteiger partial charge in [0.2, 0.25) is 5.91 Å². The Balaban J connectivity index is 1.80. The Morgan fingerprint density at radius 2 is 2.00 bits per heavy atom. The molecule has 0 atom stereocenters. The van der Waals surface area contributed by atoms with Crippen LogP contribution >= 0.6 is 0 Å². The van der Waals surface area contributed by atoms with Crippen LogP contribution < -0.4 is 20.9 Å². The van der Waals surface area contributed by atoms with Gasteiger partial charge in [0.1, 0.15) is 5.75 Å². The largest absolute Gasteiger partial charge is 0.497 e. The maximum Gasteiger partial charge on any atom is 0.262 e. The summed E-state index contributed by atoms with van der Waals surface area (Å²) < 4.78 is 6.63. The lowest BCUT2D eigenvalue weighted by Crippen LogP contribution is -2.24. The molecule has 0 aliphatic rings. The first-order chi connectivity index (χ1) is 12.1. The normalized spacial score (nSPS) is 10.5. The van der Waals surface area contributed by atoms with E-state index in [0.29, 0.717) is 22.3 Å². The molecule has 0 fully saturated rings. The number of benzene rings is 2. The number of methoxy groups -OCH3 is 1. The van der Waals surface area contributed by atoms with Crippen molar-refractivity contribution in [2.75, 3.05) is 17.7 Å². The minimum Gasteiger partial charge on any atom is -0.497 e. The molecule has 0 bridgehead atoms. The molecule has 7 nitrogen and oxygen atoms in total. The number of aromatic nitrogens is 2. The van der Waals surface area contributed by atoms with Gasteiger partial charge < -0.3 is 15.4 Å². The van der Waals surface area contributed by atoms with Gasteiger partial charge in [-0.25, -0.2) is 4.98 Å². The van der Waals surface area contributed by atoms with E-state index in [1.54, 1.807) is 37.4 Å². The predicted octanol–water partition coefficient (Wildman–Crippen LogP) is 2.43. The van der Waals surface area contributed by atoms with Gasteiger partial charge in [0.25, 0.3) is 5.56 Å². The van der Waals surface area contributed by atoms with Crippen molar-refractivity contribution in [3.05, 3.63) is 59.1 Å². The van der Waals surface area contributed by atoms with E-state index in [4.69, 9.17) is 4.74 Å². The fourth-order valence-corrected chi connectivity index (χ4v) is 2.46. The Morgan fingerprint density at radius 1 is 1.20 bits per heavy atom. The van der Waals surface area contributed by atoms with Crippen molar-refractivity contribution in [1.29, 1.82) is 0 Å². The standard InChI is InChI=1S/C18H18N4O3/c1-12(23)21-14-5-3-4-13(8-14)19-10-22-11-20-17-9-15(25-2)6-7-16(17)18(22)24/h3-9,11,19H,10H2,1-2H3,(H,21,23). The zero-order valence-electron chi connectivity index (χ0n) is 13.9. The first kappa shape index (κ1) is 16.5. The molecule has 3 aromatic rings. The highest BCUT2D eigenvalue weighted by molar-refractivity contribution is 5.89. The van der Waals surface area contributed by atoms with Crippen molar-refractivity contribution >= 4 is 28.2 Å². The Bertz CT molecular complexity index is 981. The quantitative estimate of drug-likeness (QED) is 0.746. The molecule has 0 aliphatic heterocycles. The molecular formula is C18H18N4O3. The third-order valence-electron chi connectivity index (χ3n) is 3.67. The fraction of sp³-hybridized carbons (Fsp3) is 0.167. The number of nitrogens with one attached hydrogen (secondary N) is 2. The fourth-order valence-electron chi connectivity index (χ4n) is 2.46. The van der Waals surface area contributed by atoms with Gasteiger partial charge in [-0.05, 0) is 30.3 Å². The SMILES string of the molecule is COc1ccc2c(=O)n(CNc3cccc(NC(C)=O)c3)cnc2c1. The maximum atomic E-state index is 12.5. The van der Waals surface area contributed by atoms with E-state index in [2.05, 4.69) is 15.6 Å². The zero-order chi connectivity index (χ0) is 17.8. The lowest BCUT2D eigenvalue weighted by atomic mass is 10.2. The second-order valence-electron chi connectivity index (χ2n) is 5.50. The molecule has 25 heavy (non-hydrogen) atoms. The van der Waals surface area contributed by atoms with Crippen LogP contribution in [-0.4, -0.2) is 22.6 Å². The number of nitrogens with zero attached hydrogens (tertiary/aromatic N) is 2. The topological polar surface area (TPSA) is 85.2 Å². The summed E-state index contributed by atoms with van der Waals surface area (Å²) in [4.78, 5) is 28.0. The monoisotopic (exact) mass is 338 g/mol. The van der Waals surface area contributed by atoms with Crippen molar-refractivity contribution in [3.8, 4) is 5.75 Å². The van der Waals surface area contributed by atoms with Crippen molar-refractivity contribution in [1.82, 2.24) is 9.55 Å². The number of hydrogen-bond acceptors (Lipinski definition) is 5. The Hall–Kier alpha value is -3.35. The Morgan fingerprint density at radius 3 is 2.76 bits per heavy atom. The van der Waals surface area contributed by atoms with E-state index < -0.39 is 0 Å². The first-order valence-electron chi connectivity index (χ1n) is 7.71. The van der Waals surface area contributed by atoms with Crippen LogP contribution in [0, 0.1) is 0 Å². The Labute approximate surface area is 144 Å². The molecule has 0 aliphatic carbocycles. The minimum absolute atomic E-state index is 0.137. The number of anilines is 2. The van der Waals surface area contributed by atoms with Crippen LogP contribution in [0.5, 0.6) is 5.75 Å². The van der Waals surface area contributed by atoms with Crippen LogP contribution in [-0.2, 0) is 11.5 Å². The molecule has 128 valence electrons. The Kier molecular flexibility index (Phi) is 4.65. The van der Waals surface area contributed by atoms with Crippen molar-refractivity contribution in [3.63, 3.8) is 0 Å². The third kappa shape index (κ3) is 3.77. The zero-order valence-corrected chi connectivity index (χ0v) is 13.9. The molecule has 2 N–H and O–H groups in total. The van der Waals surface area contributed by atoms with Crippen LogP contribution in [0.2, 0.25) is 0 Å². The summed E-state index contributed by atoms with van der Waals surface area (Å²) in [5.41, 5.74) is 1.92. The first-order valence-corrected chi connectivity index (χ1v) is 7.71. The molecule has 7 heteroatoms. The van der Waals surface area contributed by atoms with E-state index in [9.17, 15) is 9.59 Å². The van der Waals surface area contributed by atoms with Crippen molar-refractivity contribution < 1.29 is 9.53 Å². The number of carbonyl (C=O) groups excluding carboxylic acids is 1. The van der Waals surface area contributed by atoms with Crippen LogP contribution in [0.15, 0.2) is 53.6 Å². The maximum absolute atomic E-state index is 12.5. The number of carbonyl (C=O) groups is 1. The number of hydrogen-bond donors (Lipinski definition) is 2. The third-order valence-corrected chi connectivity index (χ3v) is 3.67.